The Bertz CT molecular complexity index is 1680. The molecule has 6 nitrogen and oxygen atoms in total. The minimum Gasteiger partial charge on any atom is -0.347 e. The summed E-state index contributed by atoms with van der Waals surface area (Å²) in [6.45, 7) is -0.0543. The lowest BCUT2D eigenvalue weighted by Crippen LogP contribution is -2.23. The Labute approximate surface area is 251 Å². The minimum absolute atomic E-state index is 0.0543. The number of aromatic nitrogens is 4. The van der Waals surface area contributed by atoms with Gasteiger partial charge in [-0.3, -0.25) is 9.36 Å². The third-order valence-corrected chi connectivity index (χ3v) is 8.59. The topological polar surface area (TPSA) is 72.7 Å². The van der Waals surface area contributed by atoms with Gasteiger partial charge in [0.2, 0.25) is 0 Å². The Morgan fingerprint density at radius 3 is 2.49 bits per heavy atom. The lowest BCUT2D eigenvalue weighted by Gasteiger charge is -2.11. The highest BCUT2D eigenvalue weighted by molar-refractivity contribution is 7.98. The lowest BCUT2D eigenvalue weighted by atomic mass is 10.1. The van der Waals surface area contributed by atoms with Crippen LogP contribution in [0.2, 0.25) is 10.0 Å². The number of benzene rings is 3. The molecule has 0 saturated heterocycles. The summed E-state index contributed by atoms with van der Waals surface area (Å²) in [6.07, 6.45) is -3.91. The van der Waals surface area contributed by atoms with Gasteiger partial charge in [-0.1, -0.05) is 77.4 Å². The van der Waals surface area contributed by atoms with Crippen LogP contribution in [-0.2, 0) is 24.9 Å². The monoisotopic (exact) mass is 633 g/mol. The van der Waals surface area contributed by atoms with E-state index in [1.807, 2.05) is 41.0 Å². The van der Waals surface area contributed by atoms with Crippen LogP contribution in [0, 0.1) is 0 Å². The van der Waals surface area contributed by atoms with Crippen LogP contribution in [-0.4, -0.2) is 25.7 Å². The summed E-state index contributed by atoms with van der Waals surface area (Å²) in [6, 6.07) is 20.0. The molecule has 13 heteroatoms. The standard InChI is InChI=1S/C28H20Cl2F3N5OS2/c29-21-10-9-20(13-22(21)30)38-24(12-17-5-2-1-3-6-17)36-37-27(38)41-16-25-35-23(15-40-25)26(39)34-14-18-7-4-8-19(11-18)28(31,32)33/h1-11,13,15H,12,14,16H2,(H,34,39). The van der Waals surface area contributed by atoms with Gasteiger partial charge in [-0.2, -0.15) is 13.2 Å². The predicted octanol–water partition coefficient (Wildman–Crippen LogP) is 7.86. The van der Waals surface area contributed by atoms with E-state index >= 15 is 0 Å². The summed E-state index contributed by atoms with van der Waals surface area (Å²) in [7, 11) is 0. The number of thioether (sulfide) groups is 1. The zero-order chi connectivity index (χ0) is 29.0. The van der Waals surface area contributed by atoms with Crippen LogP contribution >= 0.6 is 46.3 Å². The highest BCUT2D eigenvalue weighted by Gasteiger charge is 2.30. The molecule has 0 unspecified atom stereocenters. The van der Waals surface area contributed by atoms with Gasteiger partial charge in [-0.05, 0) is 41.5 Å². The largest absolute Gasteiger partial charge is 0.416 e. The predicted molar refractivity (Wildman–Crippen MR) is 155 cm³/mol. The van der Waals surface area contributed by atoms with E-state index in [1.165, 1.54) is 35.2 Å². The molecule has 210 valence electrons. The normalized spacial score (nSPS) is 11.5. The van der Waals surface area contributed by atoms with Crippen molar-refractivity contribution in [2.45, 2.75) is 30.1 Å². The molecular formula is C28H20Cl2F3N5OS2. The Morgan fingerprint density at radius 1 is 0.951 bits per heavy atom. The average Bonchev–Trinajstić information content (AvgIpc) is 3.60. The molecular weight excluding hydrogens is 614 g/mol. The van der Waals surface area contributed by atoms with Gasteiger partial charge in [0.25, 0.3) is 5.91 Å². The molecule has 1 amide bonds. The van der Waals surface area contributed by atoms with E-state index in [0.717, 1.165) is 23.4 Å². The summed E-state index contributed by atoms with van der Waals surface area (Å²) < 4.78 is 40.8. The number of alkyl halides is 3. The van der Waals surface area contributed by atoms with E-state index in [2.05, 4.69) is 20.5 Å². The zero-order valence-corrected chi connectivity index (χ0v) is 24.2. The molecule has 3 aromatic carbocycles. The third-order valence-electron chi connectivity index (χ3n) is 5.88. The van der Waals surface area contributed by atoms with E-state index in [0.29, 0.717) is 43.8 Å². The second-order valence-electron chi connectivity index (χ2n) is 8.79. The number of carbonyl (C=O) groups excluding carboxylic acids is 1. The van der Waals surface area contributed by atoms with Crippen molar-refractivity contribution >= 4 is 52.2 Å². The van der Waals surface area contributed by atoms with Gasteiger partial charge < -0.3 is 5.32 Å². The molecule has 0 bridgehead atoms. The smallest absolute Gasteiger partial charge is 0.347 e. The Morgan fingerprint density at radius 2 is 1.73 bits per heavy atom. The SMILES string of the molecule is O=C(NCc1cccc(C(F)(F)F)c1)c1csc(CSc2nnc(Cc3ccccc3)n2-c2ccc(Cl)c(Cl)c2)n1. The van der Waals surface area contributed by atoms with Crippen molar-refractivity contribution in [3.63, 3.8) is 0 Å². The van der Waals surface area contributed by atoms with Gasteiger partial charge in [-0.15, -0.1) is 21.5 Å². The molecule has 0 aliphatic rings. The highest BCUT2D eigenvalue weighted by atomic mass is 35.5. The first-order chi connectivity index (χ1) is 19.7. The maximum atomic E-state index is 13.0. The second kappa shape index (κ2) is 12.6. The Hall–Kier alpha value is -3.38. The van der Waals surface area contributed by atoms with Gasteiger partial charge in [-0.25, -0.2) is 4.98 Å². The molecule has 0 radical (unpaired) electrons. The lowest BCUT2D eigenvalue weighted by molar-refractivity contribution is -0.137. The van der Waals surface area contributed by atoms with E-state index in [-0.39, 0.29) is 12.2 Å². The number of hydrogen-bond acceptors (Lipinski definition) is 6. The van der Waals surface area contributed by atoms with Crippen LogP contribution in [0.3, 0.4) is 0 Å². The van der Waals surface area contributed by atoms with Gasteiger partial charge >= 0.3 is 6.18 Å². The number of nitrogens with one attached hydrogen (secondary N) is 1. The Balaban J connectivity index is 1.28. The molecule has 0 atom stereocenters. The van der Waals surface area contributed by atoms with E-state index in [9.17, 15) is 18.0 Å². The molecule has 0 spiro atoms. The van der Waals surface area contributed by atoms with Crippen LogP contribution in [0.1, 0.15) is 38.0 Å². The van der Waals surface area contributed by atoms with Gasteiger partial charge in [0.15, 0.2) is 5.16 Å². The van der Waals surface area contributed by atoms with Crippen molar-refractivity contribution < 1.29 is 18.0 Å². The summed E-state index contributed by atoms with van der Waals surface area (Å²) in [4.78, 5) is 17.0. The summed E-state index contributed by atoms with van der Waals surface area (Å²) in [5, 5.41) is 15.2. The van der Waals surface area contributed by atoms with Crippen LogP contribution in [0.5, 0.6) is 0 Å². The molecule has 5 aromatic rings. The third kappa shape index (κ3) is 7.28. The number of nitrogens with zero attached hydrogens (tertiary/aromatic N) is 4. The van der Waals surface area contributed by atoms with Crippen molar-refractivity contribution in [3.05, 3.63) is 121 Å². The number of amides is 1. The summed E-state index contributed by atoms with van der Waals surface area (Å²) >= 11 is 15.1. The van der Waals surface area contributed by atoms with Crippen LogP contribution in [0.4, 0.5) is 13.2 Å². The number of hydrogen-bond donors (Lipinski definition) is 1. The van der Waals surface area contributed by atoms with Gasteiger partial charge in [0.05, 0.1) is 27.0 Å². The van der Waals surface area contributed by atoms with Crippen LogP contribution in [0.25, 0.3) is 5.69 Å². The summed E-state index contributed by atoms with van der Waals surface area (Å²) in [5.74, 6) is 0.654. The number of halogens is 5. The fourth-order valence-corrected chi connectivity index (χ4v) is 5.96. The fourth-order valence-electron chi connectivity index (χ4n) is 3.91. The second-order valence-corrected chi connectivity index (χ2v) is 11.5. The molecule has 2 heterocycles. The molecule has 0 aliphatic heterocycles. The average molecular weight is 635 g/mol. The molecule has 41 heavy (non-hydrogen) atoms. The molecule has 1 N–H and O–H groups in total. The van der Waals surface area contributed by atoms with Crippen molar-refractivity contribution in [3.8, 4) is 5.69 Å². The first-order valence-corrected chi connectivity index (χ1v) is 14.7. The minimum atomic E-state index is -4.45. The van der Waals surface area contributed by atoms with Crippen molar-refractivity contribution in [1.29, 1.82) is 0 Å². The summed E-state index contributed by atoms with van der Waals surface area (Å²) in [5.41, 5.74) is 1.59. The number of thiazole rings is 1. The molecule has 0 fully saturated rings. The highest BCUT2D eigenvalue weighted by Crippen LogP contribution is 2.31. The maximum absolute atomic E-state index is 13.0. The first-order valence-electron chi connectivity index (χ1n) is 12.1. The molecule has 0 aliphatic carbocycles. The van der Waals surface area contributed by atoms with Gasteiger partial charge in [0, 0.05) is 18.3 Å². The van der Waals surface area contributed by atoms with E-state index in [4.69, 9.17) is 23.2 Å². The van der Waals surface area contributed by atoms with Crippen LogP contribution < -0.4 is 5.32 Å². The van der Waals surface area contributed by atoms with Crippen molar-refractivity contribution in [2.24, 2.45) is 0 Å². The maximum Gasteiger partial charge on any atom is 0.416 e. The zero-order valence-electron chi connectivity index (χ0n) is 21.0. The van der Waals surface area contributed by atoms with Crippen LogP contribution in [0.15, 0.2) is 83.3 Å². The molecule has 2 aromatic heterocycles. The molecule has 5 rings (SSSR count). The van der Waals surface area contributed by atoms with Crippen molar-refractivity contribution in [1.82, 2.24) is 25.1 Å². The number of carbonyl (C=O) groups is 1. The quantitative estimate of drug-likeness (QED) is 0.167. The van der Waals surface area contributed by atoms with E-state index in [1.54, 1.807) is 17.5 Å². The number of rotatable bonds is 9. The van der Waals surface area contributed by atoms with E-state index < -0.39 is 17.6 Å². The fraction of sp³-hybridized carbons (Fsp3) is 0.143. The first kappa shape index (κ1) is 29.1. The van der Waals surface area contributed by atoms with Crippen molar-refractivity contribution in [2.75, 3.05) is 0 Å². The van der Waals surface area contributed by atoms with Gasteiger partial charge in [0.1, 0.15) is 16.5 Å². The molecule has 0 saturated carbocycles. The Kier molecular flexibility index (Phi) is 8.98.